The lowest BCUT2D eigenvalue weighted by atomic mass is 10.1. The SMILES string of the molecule is CCCCn1nc(-c2ccccc2)c(O)c1-c1ccc(C)cc1. The Bertz CT molecular complexity index is 773. The van der Waals surface area contributed by atoms with Crippen molar-refractivity contribution < 1.29 is 5.11 Å². The van der Waals surface area contributed by atoms with Gasteiger partial charge < -0.3 is 5.11 Å². The van der Waals surface area contributed by atoms with Crippen molar-refractivity contribution in [3.05, 3.63) is 60.2 Å². The van der Waals surface area contributed by atoms with Crippen molar-refractivity contribution in [2.45, 2.75) is 33.2 Å². The van der Waals surface area contributed by atoms with Crippen LogP contribution < -0.4 is 0 Å². The Morgan fingerprint density at radius 3 is 2.30 bits per heavy atom. The van der Waals surface area contributed by atoms with E-state index in [2.05, 4.69) is 31.1 Å². The first-order valence-corrected chi connectivity index (χ1v) is 8.13. The molecule has 0 atom stereocenters. The molecule has 0 unspecified atom stereocenters. The number of aromatic nitrogens is 2. The standard InChI is InChI=1S/C20H22N2O/c1-3-4-14-22-19(17-12-10-15(2)11-13-17)20(23)18(21-22)16-8-6-5-7-9-16/h5-13,23H,3-4,14H2,1-2H3. The third-order valence-electron chi connectivity index (χ3n) is 4.02. The molecule has 0 saturated heterocycles. The quantitative estimate of drug-likeness (QED) is 0.718. The first-order chi connectivity index (χ1) is 11.2. The summed E-state index contributed by atoms with van der Waals surface area (Å²) in [7, 11) is 0. The topological polar surface area (TPSA) is 38.0 Å². The molecule has 3 nitrogen and oxygen atoms in total. The minimum atomic E-state index is 0.260. The van der Waals surface area contributed by atoms with Gasteiger partial charge in [-0.2, -0.15) is 5.10 Å². The van der Waals surface area contributed by atoms with E-state index in [1.807, 2.05) is 47.1 Å². The van der Waals surface area contributed by atoms with E-state index in [1.54, 1.807) is 0 Å². The fourth-order valence-electron chi connectivity index (χ4n) is 2.71. The molecule has 0 aliphatic carbocycles. The summed E-state index contributed by atoms with van der Waals surface area (Å²) in [5.74, 6) is 0.260. The third-order valence-corrected chi connectivity index (χ3v) is 4.02. The van der Waals surface area contributed by atoms with Gasteiger partial charge in [0.1, 0.15) is 11.4 Å². The van der Waals surface area contributed by atoms with Crippen LogP contribution in [0.5, 0.6) is 5.75 Å². The van der Waals surface area contributed by atoms with Crippen LogP contribution in [0.2, 0.25) is 0 Å². The highest BCUT2D eigenvalue weighted by molar-refractivity contribution is 5.78. The van der Waals surface area contributed by atoms with Crippen LogP contribution in [0.3, 0.4) is 0 Å². The fraction of sp³-hybridized carbons (Fsp3) is 0.250. The third kappa shape index (κ3) is 3.14. The van der Waals surface area contributed by atoms with Crippen LogP contribution in [0.25, 0.3) is 22.5 Å². The number of benzene rings is 2. The summed E-state index contributed by atoms with van der Waals surface area (Å²) in [5.41, 5.74) is 4.60. The maximum absolute atomic E-state index is 10.8. The zero-order chi connectivity index (χ0) is 16.2. The molecule has 3 aromatic rings. The first-order valence-electron chi connectivity index (χ1n) is 8.13. The molecular formula is C20H22N2O. The van der Waals surface area contributed by atoms with Crippen LogP contribution in [0.4, 0.5) is 0 Å². The summed E-state index contributed by atoms with van der Waals surface area (Å²) in [6.45, 7) is 5.03. The molecule has 3 heteroatoms. The van der Waals surface area contributed by atoms with Crippen molar-refractivity contribution in [3.63, 3.8) is 0 Å². The molecule has 118 valence electrons. The summed E-state index contributed by atoms with van der Waals surface area (Å²) in [6.07, 6.45) is 2.13. The van der Waals surface area contributed by atoms with Gasteiger partial charge in [0, 0.05) is 17.7 Å². The highest BCUT2D eigenvalue weighted by Crippen LogP contribution is 2.38. The largest absolute Gasteiger partial charge is 0.504 e. The summed E-state index contributed by atoms with van der Waals surface area (Å²) in [6, 6.07) is 18.1. The molecule has 0 radical (unpaired) electrons. The molecule has 0 amide bonds. The second-order valence-corrected chi connectivity index (χ2v) is 5.85. The van der Waals surface area contributed by atoms with E-state index >= 15 is 0 Å². The lowest BCUT2D eigenvalue weighted by Crippen LogP contribution is -2.02. The first kappa shape index (κ1) is 15.3. The van der Waals surface area contributed by atoms with E-state index in [-0.39, 0.29) is 5.75 Å². The van der Waals surface area contributed by atoms with Crippen molar-refractivity contribution >= 4 is 0 Å². The second-order valence-electron chi connectivity index (χ2n) is 5.85. The summed E-state index contributed by atoms with van der Waals surface area (Å²) in [5, 5.41) is 15.5. The monoisotopic (exact) mass is 306 g/mol. The molecule has 1 N–H and O–H groups in total. The Hall–Kier alpha value is -2.55. The number of hydrogen-bond donors (Lipinski definition) is 1. The van der Waals surface area contributed by atoms with Crippen LogP contribution in [0.1, 0.15) is 25.3 Å². The van der Waals surface area contributed by atoms with Crippen molar-refractivity contribution in [3.8, 4) is 28.3 Å². The normalized spacial score (nSPS) is 10.9. The van der Waals surface area contributed by atoms with Crippen LogP contribution in [0, 0.1) is 6.92 Å². The zero-order valence-electron chi connectivity index (χ0n) is 13.7. The number of hydrogen-bond acceptors (Lipinski definition) is 2. The van der Waals surface area contributed by atoms with Crippen LogP contribution in [0.15, 0.2) is 54.6 Å². The summed E-state index contributed by atoms with van der Waals surface area (Å²) >= 11 is 0. The van der Waals surface area contributed by atoms with Crippen molar-refractivity contribution in [1.82, 2.24) is 9.78 Å². The van der Waals surface area contributed by atoms with Gasteiger partial charge in [0.25, 0.3) is 0 Å². The van der Waals surface area contributed by atoms with Crippen molar-refractivity contribution in [1.29, 1.82) is 0 Å². The second kappa shape index (κ2) is 6.69. The lowest BCUT2D eigenvalue weighted by molar-refractivity contribution is 0.477. The molecule has 1 heterocycles. The number of aromatic hydroxyl groups is 1. The Balaban J connectivity index is 2.12. The Labute approximate surface area is 137 Å². The van der Waals surface area contributed by atoms with E-state index in [0.717, 1.165) is 36.2 Å². The molecule has 23 heavy (non-hydrogen) atoms. The Morgan fingerprint density at radius 2 is 1.65 bits per heavy atom. The Morgan fingerprint density at radius 1 is 0.957 bits per heavy atom. The molecule has 2 aromatic carbocycles. The summed E-state index contributed by atoms with van der Waals surface area (Å²) < 4.78 is 1.94. The average molecular weight is 306 g/mol. The van der Waals surface area contributed by atoms with E-state index < -0.39 is 0 Å². The van der Waals surface area contributed by atoms with Gasteiger partial charge in [0.15, 0.2) is 5.75 Å². The molecule has 0 aliphatic heterocycles. The number of aryl methyl sites for hydroxylation is 2. The minimum Gasteiger partial charge on any atom is -0.504 e. The molecule has 0 aliphatic rings. The van der Waals surface area contributed by atoms with Crippen molar-refractivity contribution in [2.24, 2.45) is 0 Å². The van der Waals surface area contributed by atoms with Gasteiger partial charge in [-0.3, -0.25) is 4.68 Å². The van der Waals surface area contributed by atoms with Gasteiger partial charge in [-0.05, 0) is 13.3 Å². The molecule has 0 spiro atoms. The van der Waals surface area contributed by atoms with Gasteiger partial charge in [-0.25, -0.2) is 0 Å². The molecule has 0 fully saturated rings. The Kier molecular flexibility index (Phi) is 4.47. The van der Waals surface area contributed by atoms with E-state index in [9.17, 15) is 5.11 Å². The smallest absolute Gasteiger partial charge is 0.169 e. The van der Waals surface area contributed by atoms with Gasteiger partial charge >= 0.3 is 0 Å². The number of unbranched alkanes of at least 4 members (excludes halogenated alkanes) is 1. The van der Waals surface area contributed by atoms with Crippen LogP contribution in [-0.4, -0.2) is 14.9 Å². The number of rotatable bonds is 5. The van der Waals surface area contributed by atoms with Crippen molar-refractivity contribution in [2.75, 3.05) is 0 Å². The van der Waals surface area contributed by atoms with E-state index in [0.29, 0.717) is 5.69 Å². The van der Waals surface area contributed by atoms with E-state index in [1.165, 1.54) is 5.56 Å². The van der Waals surface area contributed by atoms with Crippen LogP contribution >= 0.6 is 0 Å². The molecule has 3 rings (SSSR count). The predicted molar refractivity (Wildman–Crippen MR) is 94.4 cm³/mol. The van der Waals surface area contributed by atoms with Gasteiger partial charge in [0.05, 0.1) is 0 Å². The summed E-state index contributed by atoms with van der Waals surface area (Å²) in [4.78, 5) is 0. The molecule has 0 saturated carbocycles. The molecule has 1 aromatic heterocycles. The van der Waals surface area contributed by atoms with Gasteiger partial charge in [0.2, 0.25) is 0 Å². The fourth-order valence-corrected chi connectivity index (χ4v) is 2.71. The molecule has 0 bridgehead atoms. The van der Waals surface area contributed by atoms with Gasteiger partial charge in [-0.15, -0.1) is 0 Å². The maximum atomic E-state index is 10.8. The lowest BCUT2D eigenvalue weighted by Gasteiger charge is -2.07. The highest BCUT2D eigenvalue weighted by Gasteiger charge is 2.19. The minimum absolute atomic E-state index is 0.260. The predicted octanol–water partition coefficient (Wildman–Crippen LogP) is 5.03. The highest BCUT2D eigenvalue weighted by atomic mass is 16.3. The van der Waals surface area contributed by atoms with E-state index in [4.69, 9.17) is 0 Å². The van der Waals surface area contributed by atoms with Crippen LogP contribution in [-0.2, 0) is 6.54 Å². The number of nitrogens with zero attached hydrogens (tertiary/aromatic N) is 2. The maximum Gasteiger partial charge on any atom is 0.169 e. The van der Waals surface area contributed by atoms with Gasteiger partial charge in [-0.1, -0.05) is 73.5 Å². The zero-order valence-corrected chi connectivity index (χ0v) is 13.7. The molecular weight excluding hydrogens is 284 g/mol. The average Bonchev–Trinajstić information content (AvgIpc) is 2.91.